The topological polar surface area (TPSA) is 102 Å². The molecule has 1 aliphatic rings. The van der Waals surface area contributed by atoms with Gasteiger partial charge in [-0.05, 0) is 37.8 Å². The minimum Gasteiger partial charge on any atom is -0.339 e. The maximum Gasteiger partial charge on any atom is 0.272 e. The molecule has 0 aliphatic carbocycles. The van der Waals surface area contributed by atoms with E-state index in [4.69, 9.17) is 4.52 Å². The Hall–Kier alpha value is -3.62. The summed E-state index contributed by atoms with van der Waals surface area (Å²) in [4.78, 5) is 32.4. The summed E-state index contributed by atoms with van der Waals surface area (Å²) >= 11 is 0. The predicted molar refractivity (Wildman–Crippen MR) is 108 cm³/mol. The third-order valence-electron chi connectivity index (χ3n) is 5.44. The number of hydrogen-bond donors (Lipinski definition) is 0. The Morgan fingerprint density at radius 3 is 3.07 bits per heavy atom. The highest BCUT2D eigenvalue weighted by atomic mass is 16.5. The molecule has 152 valence electrons. The molecule has 4 aromatic rings. The van der Waals surface area contributed by atoms with E-state index in [0.29, 0.717) is 36.1 Å². The Morgan fingerprint density at radius 2 is 2.20 bits per heavy atom. The maximum atomic E-state index is 13.3. The highest BCUT2D eigenvalue weighted by molar-refractivity contribution is 5.94. The number of aromatic nitrogens is 6. The van der Waals surface area contributed by atoms with Crippen LogP contribution in [0.25, 0.3) is 17.2 Å². The van der Waals surface area contributed by atoms with Crippen molar-refractivity contribution in [3.05, 3.63) is 60.3 Å². The van der Waals surface area contributed by atoms with E-state index in [2.05, 4.69) is 25.1 Å². The van der Waals surface area contributed by atoms with Gasteiger partial charge < -0.3 is 9.42 Å². The number of fused-ring (bicyclic) bond motifs is 1. The van der Waals surface area contributed by atoms with Crippen molar-refractivity contribution in [1.82, 2.24) is 34.4 Å². The van der Waals surface area contributed by atoms with Crippen molar-refractivity contribution in [3.8, 4) is 11.5 Å². The van der Waals surface area contributed by atoms with Crippen LogP contribution < -0.4 is 0 Å². The summed E-state index contributed by atoms with van der Waals surface area (Å²) < 4.78 is 7.29. The van der Waals surface area contributed by atoms with Crippen LogP contribution in [-0.4, -0.2) is 53.4 Å². The van der Waals surface area contributed by atoms with Crippen molar-refractivity contribution in [1.29, 1.82) is 0 Å². The number of likely N-dealkylation sites (tertiary alicyclic amines) is 1. The van der Waals surface area contributed by atoms with E-state index in [-0.39, 0.29) is 11.8 Å². The summed E-state index contributed by atoms with van der Waals surface area (Å²) in [6.45, 7) is 3.28. The van der Waals surface area contributed by atoms with Gasteiger partial charge >= 0.3 is 0 Å². The van der Waals surface area contributed by atoms with Crippen molar-refractivity contribution in [3.63, 3.8) is 0 Å². The van der Waals surface area contributed by atoms with Crippen LogP contribution in [0.3, 0.4) is 0 Å². The van der Waals surface area contributed by atoms with E-state index in [0.717, 1.165) is 30.7 Å². The van der Waals surface area contributed by atoms with E-state index in [1.165, 1.54) is 0 Å². The van der Waals surface area contributed by atoms with Crippen LogP contribution in [0.15, 0.2) is 47.5 Å². The fraction of sp³-hybridized carbons (Fsp3) is 0.333. The Labute approximate surface area is 172 Å². The van der Waals surface area contributed by atoms with Gasteiger partial charge in [-0.1, -0.05) is 11.2 Å². The number of amides is 1. The highest BCUT2D eigenvalue weighted by Crippen LogP contribution is 2.24. The summed E-state index contributed by atoms with van der Waals surface area (Å²) in [6.07, 6.45) is 9.27. The van der Waals surface area contributed by atoms with Crippen LogP contribution in [0.2, 0.25) is 0 Å². The van der Waals surface area contributed by atoms with Gasteiger partial charge in [0, 0.05) is 38.1 Å². The molecule has 5 heterocycles. The summed E-state index contributed by atoms with van der Waals surface area (Å²) in [6, 6.07) is 5.74. The lowest BCUT2D eigenvalue weighted by molar-refractivity contribution is 0.0660. The molecule has 1 aliphatic heterocycles. The molecule has 0 N–H and O–H groups in total. The second-order valence-corrected chi connectivity index (χ2v) is 7.54. The molecule has 1 fully saturated rings. The zero-order valence-electron chi connectivity index (χ0n) is 16.6. The Bertz CT molecular complexity index is 1180. The molecule has 0 saturated carbocycles. The van der Waals surface area contributed by atoms with Gasteiger partial charge in [0.15, 0.2) is 0 Å². The van der Waals surface area contributed by atoms with Gasteiger partial charge in [-0.2, -0.15) is 4.98 Å². The number of piperidine rings is 1. The van der Waals surface area contributed by atoms with Crippen LogP contribution >= 0.6 is 0 Å². The summed E-state index contributed by atoms with van der Waals surface area (Å²) in [7, 11) is 0. The normalized spacial score (nSPS) is 16.8. The summed E-state index contributed by atoms with van der Waals surface area (Å²) in [5.74, 6) is 1.27. The largest absolute Gasteiger partial charge is 0.339 e. The quantitative estimate of drug-likeness (QED) is 0.516. The predicted octanol–water partition coefficient (Wildman–Crippen LogP) is 2.58. The standard InChI is InChI=1S/C21H21N7O2/c1-14-19(28-10-3-2-6-17(28)24-14)21(29)27-9-4-5-15(13-27)11-18-25-20(26-30-18)16-12-22-7-8-23-16/h2-3,6-8,10,12,15H,4-5,9,11,13H2,1H3. The molecule has 30 heavy (non-hydrogen) atoms. The SMILES string of the molecule is Cc1nc2ccccn2c1C(=O)N1CCCC(Cc2nc(-c3cnccn3)no2)C1. The molecule has 0 bridgehead atoms. The first-order valence-corrected chi connectivity index (χ1v) is 10.0. The van der Waals surface area contributed by atoms with E-state index in [9.17, 15) is 4.79 Å². The van der Waals surface area contributed by atoms with Gasteiger partial charge in [0.25, 0.3) is 5.91 Å². The lowest BCUT2D eigenvalue weighted by atomic mass is 9.94. The Kier molecular flexibility index (Phi) is 4.70. The highest BCUT2D eigenvalue weighted by Gasteiger charge is 2.29. The molecule has 9 nitrogen and oxygen atoms in total. The number of rotatable bonds is 4. The molecule has 1 saturated heterocycles. The van der Waals surface area contributed by atoms with Crippen molar-refractivity contribution in [2.75, 3.05) is 13.1 Å². The minimum absolute atomic E-state index is 0.0154. The first-order valence-electron chi connectivity index (χ1n) is 10.0. The summed E-state index contributed by atoms with van der Waals surface area (Å²) in [5, 5.41) is 4.01. The molecule has 1 amide bonds. The van der Waals surface area contributed by atoms with Crippen molar-refractivity contribution in [2.45, 2.75) is 26.2 Å². The zero-order valence-corrected chi connectivity index (χ0v) is 16.6. The van der Waals surface area contributed by atoms with E-state index in [1.54, 1.807) is 18.6 Å². The monoisotopic (exact) mass is 403 g/mol. The molecule has 4 aromatic heterocycles. The van der Waals surface area contributed by atoms with E-state index >= 15 is 0 Å². The van der Waals surface area contributed by atoms with Crippen LogP contribution in [0, 0.1) is 12.8 Å². The maximum absolute atomic E-state index is 13.3. The molecule has 5 rings (SSSR count). The molecule has 0 radical (unpaired) electrons. The number of nitrogens with zero attached hydrogens (tertiary/aromatic N) is 7. The van der Waals surface area contributed by atoms with E-state index in [1.807, 2.05) is 40.6 Å². The summed E-state index contributed by atoms with van der Waals surface area (Å²) in [5.41, 5.74) is 2.75. The van der Waals surface area contributed by atoms with Gasteiger partial charge in [0.05, 0.1) is 11.9 Å². The van der Waals surface area contributed by atoms with Gasteiger partial charge in [0.1, 0.15) is 17.0 Å². The molecule has 0 aromatic carbocycles. The fourth-order valence-corrected chi connectivity index (χ4v) is 4.04. The molecule has 9 heteroatoms. The Morgan fingerprint density at radius 1 is 1.27 bits per heavy atom. The second-order valence-electron chi connectivity index (χ2n) is 7.54. The minimum atomic E-state index is 0.0154. The first-order chi connectivity index (χ1) is 14.7. The van der Waals surface area contributed by atoms with Crippen LogP contribution in [-0.2, 0) is 6.42 Å². The van der Waals surface area contributed by atoms with Crippen molar-refractivity contribution in [2.24, 2.45) is 5.92 Å². The van der Waals surface area contributed by atoms with Crippen LogP contribution in [0.5, 0.6) is 0 Å². The molecule has 0 spiro atoms. The number of imidazole rings is 1. The fourth-order valence-electron chi connectivity index (χ4n) is 4.04. The van der Waals surface area contributed by atoms with Gasteiger partial charge in [-0.15, -0.1) is 0 Å². The number of carbonyl (C=O) groups excluding carboxylic acids is 1. The number of aryl methyl sites for hydroxylation is 1. The van der Waals surface area contributed by atoms with Crippen LogP contribution in [0.1, 0.15) is 34.9 Å². The number of hydrogen-bond acceptors (Lipinski definition) is 7. The third kappa shape index (κ3) is 3.42. The lowest BCUT2D eigenvalue weighted by Gasteiger charge is -2.32. The van der Waals surface area contributed by atoms with Gasteiger partial charge in [0.2, 0.25) is 11.7 Å². The van der Waals surface area contributed by atoms with Crippen molar-refractivity contribution >= 4 is 11.6 Å². The lowest BCUT2D eigenvalue weighted by Crippen LogP contribution is -2.41. The average molecular weight is 403 g/mol. The Balaban J connectivity index is 1.31. The van der Waals surface area contributed by atoms with Crippen LogP contribution in [0.4, 0.5) is 0 Å². The second kappa shape index (κ2) is 7.66. The number of pyridine rings is 1. The first kappa shape index (κ1) is 18.4. The molecule has 1 atom stereocenters. The third-order valence-corrected chi connectivity index (χ3v) is 5.44. The number of carbonyl (C=O) groups is 1. The molecular weight excluding hydrogens is 382 g/mol. The molecule has 1 unspecified atom stereocenters. The van der Waals surface area contributed by atoms with E-state index < -0.39 is 0 Å². The smallest absolute Gasteiger partial charge is 0.272 e. The average Bonchev–Trinajstić information content (AvgIpc) is 3.37. The zero-order chi connectivity index (χ0) is 20.5. The molecular formula is C21H21N7O2. The van der Waals surface area contributed by atoms with Crippen molar-refractivity contribution < 1.29 is 9.32 Å². The van der Waals surface area contributed by atoms with Gasteiger partial charge in [-0.3, -0.25) is 14.2 Å². The van der Waals surface area contributed by atoms with Gasteiger partial charge in [-0.25, -0.2) is 9.97 Å².